The molecule has 0 saturated carbocycles. The predicted molar refractivity (Wildman–Crippen MR) is 119 cm³/mol. The Labute approximate surface area is 187 Å². The lowest BCUT2D eigenvalue weighted by molar-refractivity contribution is -0.129. The average Bonchev–Trinajstić information content (AvgIpc) is 3.47. The largest absolute Gasteiger partial charge is 0.379 e. The van der Waals surface area contributed by atoms with E-state index in [2.05, 4.69) is 9.67 Å². The molecule has 2 aliphatic rings. The van der Waals surface area contributed by atoms with Crippen LogP contribution in [0.4, 0.5) is 0 Å². The highest BCUT2D eigenvalue weighted by atomic mass is 16.5. The number of amides is 1. The second-order valence-corrected chi connectivity index (χ2v) is 8.47. The number of rotatable bonds is 5. The summed E-state index contributed by atoms with van der Waals surface area (Å²) in [5.41, 5.74) is 5.56. The van der Waals surface area contributed by atoms with Gasteiger partial charge in [-0.05, 0) is 24.1 Å². The van der Waals surface area contributed by atoms with Crippen LogP contribution in [0, 0.1) is 0 Å². The molecule has 1 fully saturated rings. The minimum absolute atomic E-state index is 0.0442. The Morgan fingerprint density at radius 2 is 2.12 bits per heavy atom. The minimum Gasteiger partial charge on any atom is -0.379 e. The maximum Gasteiger partial charge on any atom is 0.219 e. The van der Waals surface area contributed by atoms with E-state index in [9.17, 15) is 9.59 Å². The van der Waals surface area contributed by atoms with E-state index in [1.54, 1.807) is 19.3 Å². The first-order valence-electron chi connectivity index (χ1n) is 11.1. The van der Waals surface area contributed by atoms with E-state index in [1.165, 1.54) is 5.69 Å². The van der Waals surface area contributed by atoms with Crippen LogP contribution in [-0.4, -0.2) is 51.1 Å². The molecule has 1 unspecified atom stereocenters. The number of ether oxygens (including phenoxy) is 1. The number of benzene rings is 1. The van der Waals surface area contributed by atoms with Gasteiger partial charge in [-0.1, -0.05) is 24.3 Å². The van der Waals surface area contributed by atoms with Gasteiger partial charge in [0, 0.05) is 74.2 Å². The summed E-state index contributed by atoms with van der Waals surface area (Å²) in [6, 6.07) is 11.6. The van der Waals surface area contributed by atoms with Crippen molar-refractivity contribution in [2.75, 3.05) is 19.8 Å². The quantitative estimate of drug-likeness (QED) is 0.581. The molecule has 7 heteroatoms. The molecule has 0 radical (unpaired) electrons. The fraction of sp³-hybridized carbons (Fsp3) is 0.360. The van der Waals surface area contributed by atoms with Crippen LogP contribution in [0.3, 0.4) is 0 Å². The Bertz CT molecular complexity index is 1150. The Kier molecular flexibility index (Phi) is 5.57. The molecule has 5 rings (SSSR count). The van der Waals surface area contributed by atoms with Crippen LogP contribution in [0.5, 0.6) is 0 Å². The molecule has 0 N–H and O–H groups in total. The minimum atomic E-state index is 0.0442. The lowest BCUT2D eigenvalue weighted by atomic mass is 9.97. The van der Waals surface area contributed by atoms with Crippen molar-refractivity contribution in [3.8, 4) is 11.3 Å². The summed E-state index contributed by atoms with van der Waals surface area (Å²) in [6.45, 7) is 4.25. The number of carbonyl (C=O) groups is 2. The smallest absolute Gasteiger partial charge is 0.219 e. The van der Waals surface area contributed by atoms with Crippen molar-refractivity contribution in [3.05, 3.63) is 71.2 Å². The summed E-state index contributed by atoms with van der Waals surface area (Å²) in [5.74, 6) is 0.113. The molecule has 1 aromatic carbocycles. The van der Waals surface area contributed by atoms with Crippen molar-refractivity contribution >= 4 is 11.7 Å². The Morgan fingerprint density at radius 3 is 2.88 bits per heavy atom. The number of Topliss-reactive ketones (excluding diaryl/α,β-unsaturated/α-hetero) is 1. The van der Waals surface area contributed by atoms with Crippen LogP contribution in [0.1, 0.15) is 46.6 Å². The topological polar surface area (TPSA) is 77.3 Å². The summed E-state index contributed by atoms with van der Waals surface area (Å²) in [6.07, 6.45) is 5.45. The van der Waals surface area contributed by atoms with Crippen molar-refractivity contribution < 1.29 is 14.3 Å². The molecular formula is C25H26N4O3. The van der Waals surface area contributed by atoms with Gasteiger partial charge >= 0.3 is 0 Å². The first-order valence-corrected chi connectivity index (χ1v) is 11.1. The standard InChI is InChI=1S/C25H26N4O3/c1-17(30)28-10-7-23-22(15-28)25(27-29(23)21-8-11-32-16-21)20-6-2-5-19(13-20)24(31)12-18-4-3-9-26-14-18/h2-6,9,13-14,21H,7-8,10-12,15-16H2,1H3. The van der Waals surface area contributed by atoms with Gasteiger partial charge in [0.05, 0.1) is 18.3 Å². The molecule has 4 heterocycles. The van der Waals surface area contributed by atoms with Gasteiger partial charge in [0.15, 0.2) is 5.78 Å². The lowest BCUT2D eigenvalue weighted by Crippen LogP contribution is -2.35. The molecule has 3 aromatic rings. The monoisotopic (exact) mass is 430 g/mol. The van der Waals surface area contributed by atoms with Crippen LogP contribution < -0.4 is 0 Å². The molecule has 7 nitrogen and oxygen atoms in total. The first kappa shape index (κ1) is 20.6. The maximum absolute atomic E-state index is 12.9. The highest BCUT2D eigenvalue weighted by Crippen LogP contribution is 2.34. The van der Waals surface area contributed by atoms with Gasteiger partial charge in [-0.2, -0.15) is 5.10 Å². The van der Waals surface area contributed by atoms with Gasteiger partial charge < -0.3 is 9.64 Å². The summed E-state index contributed by atoms with van der Waals surface area (Å²) in [5, 5.41) is 5.00. The Hall–Kier alpha value is -3.32. The second-order valence-electron chi connectivity index (χ2n) is 8.47. The van der Waals surface area contributed by atoms with E-state index >= 15 is 0 Å². The van der Waals surface area contributed by atoms with Crippen LogP contribution in [-0.2, 0) is 28.9 Å². The van der Waals surface area contributed by atoms with Gasteiger partial charge in [-0.3, -0.25) is 19.3 Å². The molecule has 0 bridgehead atoms. The summed E-state index contributed by atoms with van der Waals surface area (Å²) in [4.78, 5) is 30.9. The normalized spacial score (nSPS) is 17.9. The van der Waals surface area contributed by atoms with Crippen molar-refractivity contribution in [2.45, 2.75) is 38.8 Å². The number of carbonyl (C=O) groups excluding carboxylic acids is 2. The Balaban J connectivity index is 1.51. The summed E-state index contributed by atoms with van der Waals surface area (Å²) >= 11 is 0. The third-order valence-corrected chi connectivity index (χ3v) is 6.33. The number of ketones is 1. The first-order chi connectivity index (χ1) is 15.6. The van der Waals surface area contributed by atoms with E-state index in [4.69, 9.17) is 9.84 Å². The van der Waals surface area contributed by atoms with Crippen molar-refractivity contribution in [3.63, 3.8) is 0 Å². The van der Waals surface area contributed by atoms with E-state index < -0.39 is 0 Å². The van der Waals surface area contributed by atoms with E-state index in [0.29, 0.717) is 31.7 Å². The average molecular weight is 431 g/mol. The molecular weight excluding hydrogens is 404 g/mol. The number of fused-ring (bicyclic) bond motifs is 1. The van der Waals surface area contributed by atoms with Gasteiger partial charge in [0.1, 0.15) is 0 Å². The number of hydrogen-bond donors (Lipinski definition) is 0. The van der Waals surface area contributed by atoms with Crippen molar-refractivity contribution in [2.24, 2.45) is 0 Å². The molecule has 0 aliphatic carbocycles. The molecule has 164 valence electrons. The number of hydrogen-bond acceptors (Lipinski definition) is 5. The zero-order valence-electron chi connectivity index (χ0n) is 18.2. The van der Waals surface area contributed by atoms with Crippen LogP contribution in [0.25, 0.3) is 11.3 Å². The summed E-state index contributed by atoms with van der Waals surface area (Å²) in [7, 11) is 0. The summed E-state index contributed by atoms with van der Waals surface area (Å²) < 4.78 is 7.72. The zero-order chi connectivity index (χ0) is 22.1. The van der Waals surface area contributed by atoms with Gasteiger partial charge in [-0.15, -0.1) is 0 Å². The van der Waals surface area contributed by atoms with Crippen LogP contribution in [0.2, 0.25) is 0 Å². The molecule has 1 amide bonds. The van der Waals surface area contributed by atoms with E-state index in [1.807, 2.05) is 41.3 Å². The van der Waals surface area contributed by atoms with Crippen LogP contribution >= 0.6 is 0 Å². The molecule has 32 heavy (non-hydrogen) atoms. The zero-order valence-corrected chi connectivity index (χ0v) is 18.2. The van der Waals surface area contributed by atoms with E-state index in [0.717, 1.165) is 41.8 Å². The number of aromatic nitrogens is 3. The SMILES string of the molecule is CC(=O)N1CCc2c(c(-c3cccc(C(=O)Cc4cccnc4)c3)nn2C2CCOC2)C1. The highest BCUT2D eigenvalue weighted by Gasteiger charge is 2.30. The molecule has 0 spiro atoms. The number of nitrogens with zero attached hydrogens (tertiary/aromatic N) is 4. The van der Waals surface area contributed by atoms with Gasteiger partial charge in [0.25, 0.3) is 0 Å². The Morgan fingerprint density at radius 1 is 1.22 bits per heavy atom. The number of pyridine rings is 1. The van der Waals surface area contributed by atoms with Crippen molar-refractivity contribution in [1.82, 2.24) is 19.7 Å². The fourth-order valence-electron chi connectivity index (χ4n) is 4.59. The molecule has 1 saturated heterocycles. The molecule has 1 atom stereocenters. The molecule has 2 aliphatic heterocycles. The fourth-order valence-corrected chi connectivity index (χ4v) is 4.59. The third-order valence-electron chi connectivity index (χ3n) is 6.33. The van der Waals surface area contributed by atoms with Crippen molar-refractivity contribution in [1.29, 1.82) is 0 Å². The third kappa shape index (κ3) is 3.96. The predicted octanol–water partition coefficient (Wildman–Crippen LogP) is 3.24. The van der Waals surface area contributed by atoms with Gasteiger partial charge in [0.2, 0.25) is 5.91 Å². The van der Waals surface area contributed by atoms with Gasteiger partial charge in [-0.25, -0.2) is 0 Å². The van der Waals surface area contributed by atoms with Crippen LogP contribution in [0.15, 0.2) is 48.8 Å². The lowest BCUT2D eigenvalue weighted by Gasteiger charge is -2.27. The second kappa shape index (κ2) is 8.67. The molecule has 2 aromatic heterocycles. The van der Waals surface area contributed by atoms with E-state index in [-0.39, 0.29) is 17.7 Å². The maximum atomic E-state index is 12.9. The highest BCUT2D eigenvalue weighted by molar-refractivity contribution is 5.98.